The van der Waals surface area contributed by atoms with Crippen molar-refractivity contribution in [2.24, 2.45) is 0 Å². The van der Waals surface area contributed by atoms with Crippen LogP contribution >= 0.6 is 22.9 Å². The molecule has 0 atom stereocenters. The monoisotopic (exact) mass is 497 g/mol. The number of halogens is 1. The Bertz CT molecular complexity index is 1230. The Morgan fingerprint density at radius 3 is 2.50 bits per heavy atom. The van der Waals surface area contributed by atoms with E-state index in [1.807, 2.05) is 37.3 Å². The number of amides is 3. The van der Waals surface area contributed by atoms with E-state index in [4.69, 9.17) is 11.6 Å². The van der Waals surface area contributed by atoms with Crippen LogP contribution < -0.4 is 10.6 Å². The zero-order chi connectivity index (χ0) is 24.2. The topological polar surface area (TPSA) is 78.5 Å². The molecule has 8 heteroatoms. The number of fused-ring (bicyclic) bond motifs is 1. The first-order valence-corrected chi connectivity index (χ1v) is 12.7. The highest BCUT2D eigenvalue weighted by Gasteiger charge is 2.31. The SMILES string of the molecule is CC(=O)Nc1ccc(C)c(NC(=O)CN(C(=O)c2sc3ccccc3c2Cl)C2CCCCC2)c1. The van der Waals surface area contributed by atoms with Crippen LogP contribution in [0.25, 0.3) is 10.1 Å². The molecule has 0 bridgehead atoms. The van der Waals surface area contributed by atoms with Crippen molar-refractivity contribution in [3.05, 3.63) is 57.9 Å². The van der Waals surface area contributed by atoms with Gasteiger partial charge in [-0.1, -0.05) is 55.1 Å². The van der Waals surface area contributed by atoms with Crippen LogP contribution in [0.5, 0.6) is 0 Å². The number of thiophene rings is 1. The van der Waals surface area contributed by atoms with Crippen LogP contribution in [0.1, 0.15) is 54.3 Å². The van der Waals surface area contributed by atoms with Gasteiger partial charge >= 0.3 is 0 Å². The van der Waals surface area contributed by atoms with E-state index < -0.39 is 0 Å². The second-order valence-electron chi connectivity index (χ2n) is 8.73. The van der Waals surface area contributed by atoms with Gasteiger partial charge in [0.05, 0.1) is 5.02 Å². The van der Waals surface area contributed by atoms with Gasteiger partial charge in [-0.15, -0.1) is 11.3 Å². The molecule has 0 unspecified atom stereocenters. The molecular formula is C26H28ClN3O3S. The lowest BCUT2D eigenvalue weighted by Gasteiger charge is -2.33. The maximum Gasteiger partial charge on any atom is 0.266 e. The summed E-state index contributed by atoms with van der Waals surface area (Å²) in [4.78, 5) is 40.4. The Morgan fingerprint density at radius 1 is 1.06 bits per heavy atom. The van der Waals surface area contributed by atoms with Gasteiger partial charge in [-0.3, -0.25) is 14.4 Å². The highest BCUT2D eigenvalue weighted by molar-refractivity contribution is 7.21. The fourth-order valence-electron chi connectivity index (χ4n) is 4.42. The molecule has 1 aliphatic rings. The fourth-order valence-corrected chi connectivity index (χ4v) is 5.89. The zero-order valence-electron chi connectivity index (χ0n) is 19.3. The van der Waals surface area contributed by atoms with E-state index in [0.717, 1.165) is 47.8 Å². The molecule has 3 amide bonds. The van der Waals surface area contributed by atoms with Gasteiger partial charge in [0.2, 0.25) is 11.8 Å². The van der Waals surface area contributed by atoms with Crippen molar-refractivity contribution in [2.75, 3.05) is 17.2 Å². The minimum absolute atomic E-state index is 0.0000831. The van der Waals surface area contributed by atoms with E-state index in [0.29, 0.717) is 21.3 Å². The summed E-state index contributed by atoms with van der Waals surface area (Å²) in [7, 11) is 0. The molecule has 0 radical (unpaired) electrons. The minimum atomic E-state index is -0.278. The van der Waals surface area contributed by atoms with Gasteiger partial charge in [0.1, 0.15) is 11.4 Å². The molecule has 1 aliphatic carbocycles. The van der Waals surface area contributed by atoms with Crippen molar-refractivity contribution < 1.29 is 14.4 Å². The summed E-state index contributed by atoms with van der Waals surface area (Å²) < 4.78 is 0.953. The van der Waals surface area contributed by atoms with Crippen LogP contribution in [0.3, 0.4) is 0 Å². The molecule has 3 aromatic rings. The van der Waals surface area contributed by atoms with E-state index >= 15 is 0 Å². The molecule has 1 heterocycles. The van der Waals surface area contributed by atoms with Crippen molar-refractivity contribution in [2.45, 2.75) is 52.0 Å². The van der Waals surface area contributed by atoms with E-state index in [2.05, 4.69) is 10.6 Å². The van der Waals surface area contributed by atoms with E-state index in [9.17, 15) is 14.4 Å². The van der Waals surface area contributed by atoms with Gasteiger partial charge < -0.3 is 15.5 Å². The number of carbonyl (C=O) groups excluding carboxylic acids is 3. The third-order valence-electron chi connectivity index (χ3n) is 6.15. The fraction of sp³-hybridized carbons (Fsp3) is 0.346. The number of nitrogens with one attached hydrogen (secondary N) is 2. The number of aryl methyl sites for hydroxylation is 1. The number of benzene rings is 2. The number of nitrogens with zero attached hydrogens (tertiary/aromatic N) is 1. The zero-order valence-corrected chi connectivity index (χ0v) is 20.9. The molecule has 6 nitrogen and oxygen atoms in total. The van der Waals surface area contributed by atoms with Crippen molar-refractivity contribution >= 4 is 62.1 Å². The smallest absolute Gasteiger partial charge is 0.266 e. The van der Waals surface area contributed by atoms with Crippen LogP contribution in [-0.4, -0.2) is 35.2 Å². The third-order valence-corrected chi connectivity index (χ3v) is 7.81. The van der Waals surface area contributed by atoms with Gasteiger partial charge in [-0.2, -0.15) is 0 Å². The van der Waals surface area contributed by atoms with Gasteiger partial charge in [0.25, 0.3) is 5.91 Å². The van der Waals surface area contributed by atoms with Crippen LogP contribution in [0.15, 0.2) is 42.5 Å². The minimum Gasteiger partial charge on any atom is -0.326 e. The first-order valence-electron chi connectivity index (χ1n) is 11.5. The predicted molar refractivity (Wildman–Crippen MR) is 139 cm³/mol. The van der Waals surface area contributed by atoms with Gasteiger partial charge in [-0.05, 0) is 43.5 Å². The van der Waals surface area contributed by atoms with Gasteiger partial charge in [0, 0.05) is 34.4 Å². The summed E-state index contributed by atoms with van der Waals surface area (Å²) in [6.07, 6.45) is 4.96. The maximum absolute atomic E-state index is 13.7. The third kappa shape index (κ3) is 5.42. The van der Waals surface area contributed by atoms with E-state index in [-0.39, 0.29) is 30.3 Å². The summed E-state index contributed by atoms with van der Waals surface area (Å²) in [5, 5.41) is 6.96. The molecule has 2 aromatic carbocycles. The summed E-state index contributed by atoms with van der Waals surface area (Å²) in [6.45, 7) is 3.26. The lowest BCUT2D eigenvalue weighted by Crippen LogP contribution is -2.45. The highest BCUT2D eigenvalue weighted by atomic mass is 35.5. The molecule has 1 fully saturated rings. The van der Waals surface area contributed by atoms with E-state index in [1.165, 1.54) is 18.3 Å². The van der Waals surface area contributed by atoms with Crippen molar-refractivity contribution in [1.82, 2.24) is 4.90 Å². The standard InChI is InChI=1S/C26H28ClN3O3S/c1-16-12-13-18(28-17(2)31)14-21(16)29-23(32)15-30(19-8-4-3-5-9-19)26(33)25-24(27)20-10-6-7-11-22(20)34-25/h6-7,10-14,19H,3-5,8-9,15H2,1-2H3,(H,28,31)(H,29,32). The molecule has 0 spiro atoms. The number of hydrogen-bond acceptors (Lipinski definition) is 4. The van der Waals surface area contributed by atoms with E-state index in [1.54, 1.807) is 17.0 Å². The van der Waals surface area contributed by atoms with Crippen molar-refractivity contribution in [1.29, 1.82) is 0 Å². The summed E-state index contributed by atoms with van der Waals surface area (Å²) in [5.74, 6) is -0.661. The number of rotatable bonds is 6. The average molecular weight is 498 g/mol. The molecule has 4 rings (SSSR count). The molecule has 0 saturated heterocycles. The Balaban J connectivity index is 1.58. The normalized spacial score (nSPS) is 14.1. The van der Waals surface area contributed by atoms with Crippen LogP contribution in [-0.2, 0) is 9.59 Å². The predicted octanol–water partition coefficient (Wildman–Crippen LogP) is 6.24. The summed E-state index contributed by atoms with van der Waals surface area (Å²) in [6, 6.07) is 13.0. The Labute approximate surface area is 208 Å². The number of anilines is 2. The molecule has 2 N–H and O–H groups in total. The van der Waals surface area contributed by atoms with Gasteiger partial charge in [-0.25, -0.2) is 0 Å². The Hall–Kier alpha value is -2.90. The van der Waals surface area contributed by atoms with Crippen LogP contribution in [0.2, 0.25) is 5.02 Å². The second kappa shape index (κ2) is 10.6. The Morgan fingerprint density at radius 2 is 1.79 bits per heavy atom. The lowest BCUT2D eigenvalue weighted by molar-refractivity contribution is -0.117. The highest BCUT2D eigenvalue weighted by Crippen LogP contribution is 2.37. The van der Waals surface area contributed by atoms with Crippen LogP contribution in [0.4, 0.5) is 11.4 Å². The second-order valence-corrected chi connectivity index (χ2v) is 10.2. The summed E-state index contributed by atoms with van der Waals surface area (Å²) in [5.41, 5.74) is 2.07. The quantitative estimate of drug-likeness (QED) is 0.423. The lowest BCUT2D eigenvalue weighted by atomic mass is 9.94. The van der Waals surface area contributed by atoms with Crippen molar-refractivity contribution in [3.63, 3.8) is 0 Å². The molecule has 178 valence electrons. The average Bonchev–Trinajstić information content (AvgIpc) is 3.16. The number of hydrogen-bond donors (Lipinski definition) is 2. The van der Waals surface area contributed by atoms with Crippen molar-refractivity contribution in [3.8, 4) is 0 Å². The number of carbonyl (C=O) groups is 3. The summed E-state index contributed by atoms with van der Waals surface area (Å²) >= 11 is 7.98. The molecule has 1 saturated carbocycles. The molecular weight excluding hydrogens is 470 g/mol. The molecule has 0 aliphatic heterocycles. The van der Waals surface area contributed by atoms with Crippen LogP contribution in [0, 0.1) is 6.92 Å². The maximum atomic E-state index is 13.7. The molecule has 34 heavy (non-hydrogen) atoms. The molecule has 1 aromatic heterocycles. The first kappa shape index (κ1) is 24.2. The Kier molecular flexibility index (Phi) is 7.54. The largest absolute Gasteiger partial charge is 0.326 e. The van der Waals surface area contributed by atoms with Gasteiger partial charge in [0.15, 0.2) is 0 Å². The first-order chi connectivity index (χ1) is 16.3.